The number of thiophene rings is 1. The minimum atomic E-state index is -4.81. The molecule has 2 aromatic rings. The number of nitrogens with one attached hydrogen (secondary N) is 1. The Kier molecular flexibility index (Phi) is 3.56. The summed E-state index contributed by atoms with van der Waals surface area (Å²) in [5.41, 5.74) is 0.941. The molecule has 0 unspecified atom stereocenters. The van der Waals surface area contributed by atoms with Gasteiger partial charge in [-0.05, 0) is 34.9 Å². The number of hydrogen-bond donors (Lipinski definition) is 1. The van der Waals surface area contributed by atoms with Crippen LogP contribution in [0.1, 0.15) is 5.56 Å². The van der Waals surface area contributed by atoms with Gasteiger partial charge in [-0.1, -0.05) is 12.1 Å². The molecule has 0 saturated carbocycles. The van der Waals surface area contributed by atoms with E-state index in [0.717, 1.165) is 15.6 Å². The van der Waals surface area contributed by atoms with Gasteiger partial charge >= 0.3 is 12.1 Å². The molecule has 0 radical (unpaired) electrons. The highest BCUT2D eigenvalue weighted by atomic mass is 32.1. The number of carbonyl (C=O) groups excluding carboxylic acids is 1. The van der Waals surface area contributed by atoms with Crippen molar-refractivity contribution >= 4 is 27.3 Å². The van der Waals surface area contributed by atoms with Crippen LogP contribution in [0.3, 0.4) is 0 Å². The van der Waals surface area contributed by atoms with Gasteiger partial charge in [0.1, 0.15) is 0 Å². The van der Waals surface area contributed by atoms with Crippen LogP contribution in [0.5, 0.6) is 0 Å². The maximum atomic E-state index is 12.0. The van der Waals surface area contributed by atoms with Gasteiger partial charge in [-0.2, -0.15) is 13.2 Å². The van der Waals surface area contributed by atoms with E-state index >= 15 is 0 Å². The number of carbonyl (C=O) groups is 1. The van der Waals surface area contributed by atoms with Gasteiger partial charge in [-0.25, -0.2) is 0 Å². The van der Waals surface area contributed by atoms with E-state index in [-0.39, 0.29) is 6.54 Å². The van der Waals surface area contributed by atoms with E-state index < -0.39 is 12.1 Å². The minimum Gasteiger partial charge on any atom is -0.348 e. The Hall–Kier alpha value is -1.56. The van der Waals surface area contributed by atoms with Crippen molar-refractivity contribution in [3.05, 3.63) is 35.2 Å². The van der Waals surface area contributed by atoms with E-state index in [1.54, 1.807) is 11.3 Å². The zero-order valence-corrected chi connectivity index (χ0v) is 10.1. The summed E-state index contributed by atoms with van der Waals surface area (Å²) in [6.45, 7) is -0.0205. The summed E-state index contributed by atoms with van der Waals surface area (Å²) in [4.78, 5) is 10.6. The molecule has 0 atom stereocenters. The number of amides is 1. The van der Waals surface area contributed by atoms with Crippen molar-refractivity contribution in [2.24, 2.45) is 0 Å². The van der Waals surface area contributed by atoms with Gasteiger partial charge in [0, 0.05) is 11.2 Å². The molecule has 1 aromatic heterocycles. The van der Waals surface area contributed by atoms with Crippen LogP contribution >= 0.6 is 11.3 Å². The van der Waals surface area contributed by atoms with E-state index in [1.807, 2.05) is 35.0 Å². The zero-order chi connectivity index (χ0) is 13.2. The van der Waals surface area contributed by atoms with E-state index in [2.05, 4.69) is 0 Å². The van der Waals surface area contributed by atoms with Gasteiger partial charge in [0.15, 0.2) is 0 Å². The summed E-state index contributed by atoms with van der Waals surface area (Å²) in [6.07, 6.45) is -4.43. The monoisotopic (exact) mass is 273 g/mol. The molecule has 0 aliphatic heterocycles. The zero-order valence-electron chi connectivity index (χ0n) is 9.25. The van der Waals surface area contributed by atoms with Crippen molar-refractivity contribution in [3.8, 4) is 0 Å². The van der Waals surface area contributed by atoms with Crippen LogP contribution in [0.15, 0.2) is 29.6 Å². The maximum Gasteiger partial charge on any atom is 0.471 e. The van der Waals surface area contributed by atoms with Crippen molar-refractivity contribution in [1.82, 2.24) is 5.32 Å². The third-order valence-corrected chi connectivity index (χ3v) is 3.41. The lowest BCUT2D eigenvalue weighted by Gasteiger charge is -2.08. The first-order valence-corrected chi connectivity index (χ1v) is 6.16. The molecular formula is C12H10F3NOS. The molecule has 18 heavy (non-hydrogen) atoms. The third-order valence-electron chi connectivity index (χ3n) is 2.52. The van der Waals surface area contributed by atoms with Crippen LogP contribution in [-0.2, 0) is 11.2 Å². The van der Waals surface area contributed by atoms with Gasteiger partial charge in [0.05, 0.1) is 0 Å². The number of alkyl halides is 3. The van der Waals surface area contributed by atoms with E-state index in [0.29, 0.717) is 6.42 Å². The molecule has 2 nitrogen and oxygen atoms in total. The predicted molar refractivity (Wildman–Crippen MR) is 64.6 cm³/mol. The van der Waals surface area contributed by atoms with Crippen LogP contribution in [-0.4, -0.2) is 18.6 Å². The fourth-order valence-electron chi connectivity index (χ4n) is 1.69. The Morgan fingerprint density at radius 1 is 1.28 bits per heavy atom. The van der Waals surface area contributed by atoms with Crippen molar-refractivity contribution in [2.45, 2.75) is 12.6 Å². The molecule has 1 aromatic carbocycles. The maximum absolute atomic E-state index is 12.0. The molecule has 0 aliphatic carbocycles. The first kappa shape index (κ1) is 12.9. The number of hydrogen-bond acceptors (Lipinski definition) is 2. The highest BCUT2D eigenvalue weighted by Gasteiger charge is 2.38. The molecule has 2 rings (SSSR count). The molecule has 0 spiro atoms. The van der Waals surface area contributed by atoms with Gasteiger partial charge in [-0.3, -0.25) is 4.79 Å². The van der Waals surface area contributed by atoms with Crippen LogP contribution in [0.25, 0.3) is 10.1 Å². The second kappa shape index (κ2) is 4.97. The lowest BCUT2D eigenvalue weighted by atomic mass is 10.1. The van der Waals surface area contributed by atoms with Crippen molar-refractivity contribution in [1.29, 1.82) is 0 Å². The average Bonchev–Trinajstić information content (AvgIpc) is 2.76. The summed E-state index contributed by atoms with van der Waals surface area (Å²) in [7, 11) is 0. The normalized spacial score (nSPS) is 11.7. The fourth-order valence-corrected chi connectivity index (χ4v) is 2.52. The summed E-state index contributed by atoms with van der Waals surface area (Å²) < 4.78 is 37.0. The number of halogens is 3. The molecule has 0 fully saturated rings. The van der Waals surface area contributed by atoms with Gasteiger partial charge in [0.25, 0.3) is 0 Å². The second-order valence-corrected chi connectivity index (χ2v) is 4.70. The largest absolute Gasteiger partial charge is 0.471 e. The molecule has 96 valence electrons. The second-order valence-electron chi connectivity index (χ2n) is 3.75. The number of fused-ring (bicyclic) bond motifs is 1. The van der Waals surface area contributed by atoms with E-state index in [1.165, 1.54) is 0 Å². The Bertz CT molecular complexity index is 562. The van der Waals surface area contributed by atoms with E-state index in [4.69, 9.17) is 0 Å². The highest BCUT2D eigenvalue weighted by Crippen LogP contribution is 2.24. The minimum absolute atomic E-state index is 0.0205. The van der Waals surface area contributed by atoms with Crippen LogP contribution < -0.4 is 5.32 Å². The Balaban J connectivity index is 1.99. The summed E-state index contributed by atoms with van der Waals surface area (Å²) in [6, 6.07) is 7.60. The van der Waals surface area contributed by atoms with Crippen LogP contribution in [0, 0.1) is 0 Å². The van der Waals surface area contributed by atoms with Crippen LogP contribution in [0.2, 0.25) is 0 Å². The average molecular weight is 273 g/mol. The predicted octanol–water partition coefficient (Wildman–Crippen LogP) is 3.12. The molecule has 1 amide bonds. The van der Waals surface area contributed by atoms with E-state index in [9.17, 15) is 18.0 Å². The first-order valence-electron chi connectivity index (χ1n) is 5.28. The lowest BCUT2D eigenvalue weighted by molar-refractivity contribution is -0.173. The van der Waals surface area contributed by atoms with Gasteiger partial charge in [0.2, 0.25) is 0 Å². The Morgan fingerprint density at radius 2 is 2.06 bits per heavy atom. The summed E-state index contributed by atoms with van der Waals surface area (Å²) in [5.74, 6) is -1.89. The van der Waals surface area contributed by atoms with Crippen molar-refractivity contribution in [2.75, 3.05) is 6.54 Å². The topological polar surface area (TPSA) is 29.1 Å². The highest BCUT2D eigenvalue weighted by molar-refractivity contribution is 7.17. The van der Waals surface area contributed by atoms with Crippen molar-refractivity contribution < 1.29 is 18.0 Å². The summed E-state index contributed by atoms with van der Waals surface area (Å²) in [5, 5.41) is 4.83. The molecule has 6 heteroatoms. The quantitative estimate of drug-likeness (QED) is 0.914. The first-order chi connectivity index (χ1) is 8.48. The smallest absolute Gasteiger partial charge is 0.348 e. The molecule has 0 bridgehead atoms. The fraction of sp³-hybridized carbons (Fsp3) is 0.250. The molecule has 1 heterocycles. The van der Waals surface area contributed by atoms with Gasteiger partial charge < -0.3 is 5.32 Å². The molecule has 0 aliphatic rings. The SMILES string of the molecule is O=C(NCCc1cccc2sccc12)C(F)(F)F. The van der Waals surface area contributed by atoms with Crippen LogP contribution in [0.4, 0.5) is 13.2 Å². The molecular weight excluding hydrogens is 263 g/mol. The Morgan fingerprint density at radius 3 is 2.78 bits per heavy atom. The third kappa shape index (κ3) is 2.81. The molecule has 0 saturated heterocycles. The summed E-state index contributed by atoms with van der Waals surface area (Å²) >= 11 is 1.58. The molecule has 1 N–H and O–H groups in total. The van der Waals surface area contributed by atoms with Gasteiger partial charge in [-0.15, -0.1) is 11.3 Å². The van der Waals surface area contributed by atoms with Crippen molar-refractivity contribution in [3.63, 3.8) is 0 Å². The number of benzene rings is 1. The number of rotatable bonds is 3. The Labute approximate surface area is 105 Å². The standard InChI is InChI=1S/C12H10F3NOS/c13-12(14,15)11(17)16-6-4-8-2-1-3-10-9(8)5-7-18-10/h1-3,5,7H,4,6H2,(H,16,17). The lowest BCUT2D eigenvalue weighted by Crippen LogP contribution is -2.37.